The van der Waals surface area contributed by atoms with Crippen LogP contribution in [0.3, 0.4) is 0 Å². The molecule has 1 amide bonds. The lowest BCUT2D eigenvalue weighted by Crippen LogP contribution is -2.38. The van der Waals surface area contributed by atoms with Crippen LogP contribution in [0.1, 0.15) is 72.3 Å². The van der Waals surface area contributed by atoms with Gasteiger partial charge in [0.1, 0.15) is 5.75 Å². The van der Waals surface area contributed by atoms with E-state index in [-0.39, 0.29) is 11.9 Å². The first-order valence-electron chi connectivity index (χ1n) is 13.9. The highest BCUT2D eigenvalue weighted by Gasteiger charge is 2.27. The van der Waals surface area contributed by atoms with Gasteiger partial charge in [0, 0.05) is 29.6 Å². The molecule has 0 unspecified atom stereocenters. The molecule has 1 saturated heterocycles. The first-order chi connectivity index (χ1) is 17.7. The van der Waals surface area contributed by atoms with Gasteiger partial charge in [0.2, 0.25) is 0 Å². The smallest absolute Gasteiger partial charge is 0.252 e. The molecule has 1 aromatic heterocycles. The highest BCUT2D eigenvalue weighted by molar-refractivity contribution is 6.06. The normalized spacial score (nSPS) is 22.8. The zero-order valence-electron chi connectivity index (χ0n) is 21.1. The summed E-state index contributed by atoms with van der Waals surface area (Å²) < 4.78 is 5.79. The van der Waals surface area contributed by atoms with E-state index in [1.54, 1.807) is 11.8 Å². The van der Waals surface area contributed by atoms with Crippen molar-refractivity contribution in [1.82, 2.24) is 15.2 Å². The van der Waals surface area contributed by atoms with Gasteiger partial charge in [-0.2, -0.15) is 0 Å². The Labute approximate surface area is 214 Å². The molecule has 5 nitrogen and oxygen atoms in total. The van der Waals surface area contributed by atoms with Crippen LogP contribution < -0.4 is 10.1 Å². The Bertz CT molecular complexity index is 1200. The van der Waals surface area contributed by atoms with Crippen molar-refractivity contribution < 1.29 is 9.53 Å². The third-order valence-electron chi connectivity index (χ3n) is 8.74. The SMILES string of the molecule is O=C(N[C@H]1CC[C@H](CCN2CCC(c3cccc4c3CCO4)CC2)CC1)c1ccnc2ccccc12. The van der Waals surface area contributed by atoms with Gasteiger partial charge in [0.05, 0.1) is 17.7 Å². The number of aromatic nitrogens is 1. The second-order valence-electron chi connectivity index (χ2n) is 10.9. The van der Waals surface area contributed by atoms with Crippen LogP contribution in [-0.4, -0.2) is 48.1 Å². The van der Waals surface area contributed by atoms with Crippen molar-refractivity contribution >= 4 is 16.8 Å². The third-order valence-corrected chi connectivity index (χ3v) is 8.74. The number of fused-ring (bicyclic) bond motifs is 2. The van der Waals surface area contributed by atoms with Crippen molar-refractivity contribution in [2.45, 2.75) is 63.3 Å². The fraction of sp³-hybridized carbons (Fsp3) is 0.484. The molecule has 36 heavy (non-hydrogen) atoms. The van der Waals surface area contributed by atoms with Crippen molar-refractivity contribution in [2.75, 3.05) is 26.2 Å². The van der Waals surface area contributed by atoms with E-state index in [0.29, 0.717) is 5.92 Å². The van der Waals surface area contributed by atoms with Crippen molar-refractivity contribution in [3.63, 3.8) is 0 Å². The monoisotopic (exact) mass is 483 g/mol. The number of hydrogen-bond donors (Lipinski definition) is 1. The maximum atomic E-state index is 13.0. The van der Waals surface area contributed by atoms with Crippen LogP contribution in [0.4, 0.5) is 0 Å². The molecule has 6 rings (SSSR count). The number of ether oxygens (including phenoxy) is 1. The van der Waals surface area contributed by atoms with E-state index < -0.39 is 0 Å². The first-order valence-corrected chi connectivity index (χ1v) is 13.9. The first kappa shape index (κ1) is 23.5. The van der Waals surface area contributed by atoms with Crippen molar-refractivity contribution in [1.29, 1.82) is 0 Å². The predicted molar refractivity (Wildman–Crippen MR) is 144 cm³/mol. The summed E-state index contributed by atoms with van der Waals surface area (Å²) in [6.45, 7) is 4.48. The number of para-hydroxylation sites is 1. The van der Waals surface area contributed by atoms with Crippen LogP contribution >= 0.6 is 0 Å². The molecule has 0 spiro atoms. The van der Waals surface area contributed by atoms with E-state index in [2.05, 4.69) is 33.4 Å². The number of nitrogens with one attached hydrogen (secondary N) is 1. The summed E-state index contributed by atoms with van der Waals surface area (Å²) in [5.74, 6) is 2.63. The van der Waals surface area contributed by atoms with Crippen molar-refractivity contribution in [3.05, 3.63) is 71.4 Å². The van der Waals surface area contributed by atoms with Gasteiger partial charge in [0.25, 0.3) is 5.91 Å². The molecule has 1 saturated carbocycles. The average Bonchev–Trinajstić information content (AvgIpc) is 3.42. The molecule has 1 N–H and O–H groups in total. The quantitative estimate of drug-likeness (QED) is 0.487. The van der Waals surface area contributed by atoms with Crippen LogP contribution in [-0.2, 0) is 6.42 Å². The van der Waals surface area contributed by atoms with E-state index in [9.17, 15) is 4.79 Å². The van der Waals surface area contributed by atoms with Gasteiger partial charge < -0.3 is 15.0 Å². The number of piperidine rings is 1. The summed E-state index contributed by atoms with van der Waals surface area (Å²) in [5, 5.41) is 4.24. The maximum Gasteiger partial charge on any atom is 0.252 e. The van der Waals surface area contributed by atoms with E-state index in [1.807, 2.05) is 30.3 Å². The Morgan fingerprint density at radius 1 is 0.972 bits per heavy atom. The lowest BCUT2D eigenvalue weighted by Gasteiger charge is -2.35. The second-order valence-corrected chi connectivity index (χ2v) is 10.9. The molecular formula is C31H37N3O2. The molecule has 0 atom stereocenters. The third kappa shape index (κ3) is 4.99. The number of amides is 1. The minimum absolute atomic E-state index is 0.0375. The zero-order valence-corrected chi connectivity index (χ0v) is 21.1. The molecule has 3 aliphatic rings. The number of carbonyl (C=O) groups is 1. The number of likely N-dealkylation sites (tertiary alicyclic amines) is 1. The largest absolute Gasteiger partial charge is 0.493 e. The summed E-state index contributed by atoms with van der Waals surface area (Å²) in [7, 11) is 0. The van der Waals surface area contributed by atoms with E-state index in [0.717, 1.165) is 54.0 Å². The van der Waals surface area contributed by atoms with Gasteiger partial charge in [-0.3, -0.25) is 9.78 Å². The van der Waals surface area contributed by atoms with Crippen LogP contribution in [0, 0.1) is 5.92 Å². The molecule has 3 aromatic rings. The summed E-state index contributed by atoms with van der Waals surface area (Å²) in [6.07, 6.45) is 11.2. The van der Waals surface area contributed by atoms with Gasteiger partial charge >= 0.3 is 0 Å². The molecule has 188 valence electrons. The number of benzene rings is 2. The Balaban J connectivity index is 0.942. The minimum atomic E-state index is 0.0375. The van der Waals surface area contributed by atoms with Crippen LogP contribution in [0.15, 0.2) is 54.7 Å². The lowest BCUT2D eigenvalue weighted by atomic mass is 9.83. The van der Waals surface area contributed by atoms with Crippen molar-refractivity contribution in [3.8, 4) is 5.75 Å². The summed E-state index contributed by atoms with van der Waals surface area (Å²) in [5.41, 5.74) is 4.63. The Morgan fingerprint density at radius 2 is 1.81 bits per heavy atom. The fourth-order valence-electron chi connectivity index (χ4n) is 6.62. The number of rotatable bonds is 6. The number of nitrogens with zero attached hydrogens (tertiary/aromatic N) is 2. The zero-order chi connectivity index (χ0) is 24.3. The Kier molecular flexibility index (Phi) is 6.91. The highest BCUT2D eigenvalue weighted by Crippen LogP contribution is 2.37. The topological polar surface area (TPSA) is 54.5 Å². The average molecular weight is 484 g/mol. The molecule has 0 bridgehead atoms. The van der Waals surface area contributed by atoms with Gasteiger partial charge in [-0.25, -0.2) is 0 Å². The molecule has 2 aliphatic heterocycles. The molecule has 3 heterocycles. The molecule has 5 heteroatoms. The van der Waals surface area contributed by atoms with Crippen LogP contribution in [0.5, 0.6) is 5.75 Å². The van der Waals surface area contributed by atoms with E-state index in [1.165, 1.54) is 57.3 Å². The van der Waals surface area contributed by atoms with Crippen LogP contribution in [0.25, 0.3) is 10.9 Å². The van der Waals surface area contributed by atoms with Crippen molar-refractivity contribution in [2.24, 2.45) is 5.92 Å². The molecule has 1 aliphatic carbocycles. The standard InChI is InChI=1S/C31H37N3O2/c35-31(28-12-17-32-29-6-2-1-4-26(28)29)33-24-10-8-22(9-11-24)13-18-34-19-14-23(15-20-34)25-5-3-7-30-27(25)16-21-36-30/h1-7,12,17,22-24H,8-11,13-16,18-21H2,(H,33,35)/t22-,24-. The van der Waals surface area contributed by atoms with Gasteiger partial charge in [-0.05, 0) is 100 Å². The Morgan fingerprint density at radius 3 is 2.67 bits per heavy atom. The molecule has 0 radical (unpaired) electrons. The fourth-order valence-corrected chi connectivity index (χ4v) is 6.62. The summed E-state index contributed by atoms with van der Waals surface area (Å²) in [6, 6.07) is 16.6. The Hall–Kier alpha value is -2.92. The van der Waals surface area contributed by atoms with Gasteiger partial charge in [0.15, 0.2) is 0 Å². The number of hydrogen-bond acceptors (Lipinski definition) is 4. The maximum absolute atomic E-state index is 13.0. The summed E-state index contributed by atoms with van der Waals surface area (Å²) >= 11 is 0. The van der Waals surface area contributed by atoms with Gasteiger partial charge in [-0.15, -0.1) is 0 Å². The second kappa shape index (κ2) is 10.6. The number of carbonyl (C=O) groups excluding carboxylic acids is 1. The molecule has 2 aromatic carbocycles. The van der Waals surface area contributed by atoms with E-state index in [4.69, 9.17) is 4.74 Å². The molecular weight excluding hydrogens is 446 g/mol. The number of pyridine rings is 1. The van der Waals surface area contributed by atoms with Gasteiger partial charge in [-0.1, -0.05) is 30.3 Å². The highest BCUT2D eigenvalue weighted by atomic mass is 16.5. The molecule has 2 fully saturated rings. The summed E-state index contributed by atoms with van der Waals surface area (Å²) in [4.78, 5) is 20.0. The lowest BCUT2D eigenvalue weighted by molar-refractivity contribution is 0.0921. The van der Waals surface area contributed by atoms with Crippen LogP contribution in [0.2, 0.25) is 0 Å². The predicted octanol–water partition coefficient (Wildman–Crippen LogP) is 5.73. The minimum Gasteiger partial charge on any atom is -0.493 e. The van der Waals surface area contributed by atoms with E-state index >= 15 is 0 Å².